The standard InChI is InChI=1S/C13H18N4OS/c1-9(13-10(2)19-11(3)15-13)16(4)12(18)7-17-6-5-14-8-17/h5-6,8-9H,7H2,1-4H3/t9-/m1/s1. The van der Waals surface area contributed by atoms with Crippen LogP contribution in [-0.4, -0.2) is 32.4 Å². The Labute approximate surface area is 116 Å². The third kappa shape index (κ3) is 3.01. The normalized spacial score (nSPS) is 12.4. The molecule has 0 bridgehead atoms. The Hall–Kier alpha value is -1.69. The Balaban J connectivity index is 2.08. The molecule has 6 heteroatoms. The van der Waals surface area contributed by atoms with Crippen LogP contribution >= 0.6 is 11.3 Å². The van der Waals surface area contributed by atoms with Crippen LogP contribution in [0.4, 0.5) is 0 Å². The first kappa shape index (κ1) is 13.7. The molecule has 2 heterocycles. The maximum atomic E-state index is 12.2. The average Bonchev–Trinajstić information content (AvgIpc) is 2.97. The lowest BCUT2D eigenvalue weighted by Gasteiger charge is -2.24. The number of aromatic nitrogens is 3. The van der Waals surface area contributed by atoms with Crippen LogP contribution in [0.3, 0.4) is 0 Å². The Kier molecular flexibility index (Phi) is 3.99. The monoisotopic (exact) mass is 278 g/mol. The molecule has 0 aliphatic rings. The maximum absolute atomic E-state index is 12.2. The molecule has 1 atom stereocenters. The highest BCUT2D eigenvalue weighted by Gasteiger charge is 2.21. The molecule has 0 N–H and O–H groups in total. The molecule has 2 aromatic rings. The van der Waals surface area contributed by atoms with Crippen LogP contribution < -0.4 is 0 Å². The second kappa shape index (κ2) is 5.52. The van der Waals surface area contributed by atoms with Crippen molar-refractivity contribution in [3.8, 4) is 0 Å². The first-order valence-electron chi connectivity index (χ1n) is 6.14. The van der Waals surface area contributed by atoms with E-state index in [1.54, 1.807) is 39.5 Å². The van der Waals surface area contributed by atoms with Crippen molar-refractivity contribution >= 4 is 17.2 Å². The summed E-state index contributed by atoms with van der Waals surface area (Å²) >= 11 is 1.67. The first-order chi connectivity index (χ1) is 8.99. The van der Waals surface area contributed by atoms with Crippen molar-refractivity contribution in [2.75, 3.05) is 7.05 Å². The molecule has 0 fully saturated rings. The Morgan fingerprint density at radius 2 is 2.26 bits per heavy atom. The summed E-state index contributed by atoms with van der Waals surface area (Å²) < 4.78 is 1.77. The van der Waals surface area contributed by atoms with Gasteiger partial charge in [-0.1, -0.05) is 0 Å². The van der Waals surface area contributed by atoms with Gasteiger partial charge in [0.05, 0.1) is 23.1 Å². The fourth-order valence-corrected chi connectivity index (χ4v) is 2.89. The highest BCUT2D eigenvalue weighted by atomic mass is 32.1. The number of rotatable bonds is 4. The second-order valence-corrected chi connectivity index (χ2v) is 6.00. The number of aryl methyl sites for hydroxylation is 2. The first-order valence-corrected chi connectivity index (χ1v) is 6.96. The summed E-state index contributed by atoms with van der Waals surface area (Å²) in [5.74, 6) is 0.0514. The summed E-state index contributed by atoms with van der Waals surface area (Å²) in [6.45, 7) is 6.35. The van der Waals surface area contributed by atoms with Crippen molar-refractivity contribution in [2.45, 2.75) is 33.4 Å². The molecule has 102 valence electrons. The molecule has 0 aliphatic carbocycles. The molecule has 0 aliphatic heterocycles. The van der Waals surface area contributed by atoms with E-state index in [0.29, 0.717) is 6.54 Å². The van der Waals surface area contributed by atoms with E-state index in [4.69, 9.17) is 0 Å². The predicted octanol–water partition coefficient (Wildman–Crippen LogP) is 2.18. The Morgan fingerprint density at radius 3 is 2.79 bits per heavy atom. The number of thiazole rings is 1. The SMILES string of the molecule is Cc1nc([C@@H](C)N(C)C(=O)Cn2ccnc2)c(C)s1. The van der Waals surface area contributed by atoms with Crippen LogP contribution in [0.5, 0.6) is 0 Å². The quantitative estimate of drug-likeness (QED) is 0.861. The molecular weight excluding hydrogens is 260 g/mol. The van der Waals surface area contributed by atoms with E-state index >= 15 is 0 Å². The number of hydrogen-bond acceptors (Lipinski definition) is 4. The summed E-state index contributed by atoms with van der Waals surface area (Å²) in [5, 5.41) is 1.04. The minimum Gasteiger partial charge on any atom is -0.336 e. The smallest absolute Gasteiger partial charge is 0.242 e. The molecule has 0 saturated carbocycles. The van der Waals surface area contributed by atoms with Gasteiger partial charge in [-0.15, -0.1) is 11.3 Å². The number of likely N-dealkylation sites (N-methyl/N-ethyl adjacent to an activating group) is 1. The van der Waals surface area contributed by atoms with Gasteiger partial charge in [0, 0.05) is 24.3 Å². The van der Waals surface area contributed by atoms with Gasteiger partial charge in [-0.2, -0.15) is 0 Å². The zero-order chi connectivity index (χ0) is 14.0. The van der Waals surface area contributed by atoms with Crippen molar-refractivity contribution in [1.82, 2.24) is 19.4 Å². The number of hydrogen-bond donors (Lipinski definition) is 0. The summed E-state index contributed by atoms with van der Waals surface area (Å²) in [5.41, 5.74) is 0.990. The minimum atomic E-state index is -0.0130. The topological polar surface area (TPSA) is 51.0 Å². The van der Waals surface area contributed by atoms with Crippen molar-refractivity contribution in [3.63, 3.8) is 0 Å². The number of carbonyl (C=O) groups is 1. The van der Waals surface area contributed by atoms with Gasteiger partial charge in [-0.25, -0.2) is 9.97 Å². The van der Waals surface area contributed by atoms with E-state index in [-0.39, 0.29) is 11.9 Å². The minimum absolute atomic E-state index is 0.0130. The van der Waals surface area contributed by atoms with E-state index in [0.717, 1.165) is 10.7 Å². The maximum Gasteiger partial charge on any atom is 0.242 e. The molecule has 19 heavy (non-hydrogen) atoms. The Bertz CT molecular complexity index is 561. The van der Waals surface area contributed by atoms with Crippen molar-refractivity contribution in [2.24, 2.45) is 0 Å². The van der Waals surface area contributed by atoms with Crippen LogP contribution in [-0.2, 0) is 11.3 Å². The summed E-state index contributed by atoms with van der Waals surface area (Å²) in [7, 11) is 1.82. The van der Waals surface area contributed by atoms with Gasteiger partial charge in [0.2, 0.25) is 5.91 Å². The predicted molar refractivity (Wildman–Crippen MR) is 75.0 cm³/mol. The lowest BCUT2D eigenvalue weighted by atomic mass is 10.2. The third-order valence-corrected chi connectivity index (χ3v) is 4.09. The van der Waals surface area contributed by atoms with E-state index < -0.39 is 0 Å². The fourth-order valence-electron chi connectivity index (χ4n) is 1.98. The van der Waals surface area contributed by atoms with E-state index in [2.05, 4.69) is 9.97 Å². The van der Waals surface area contributed by atoms with Gasteiger partial charge in [-0.3, -0.25) is 4.79 Å². The molecule has 2 rings (SSSR count). The molecule has 2 aromatic heterocycles. The number of amides is 1. The lowest BCUT2D eigenvalue weighted by Crippen LogP contribution is -2.32. The van der Waals surface area contributed by atoms with Gasteiger partial charge in [0.1, 0.15) is 6.54 Å². The highest BCUT2D eigenvalue weighted by molar-refractivity contribution is 7.11. The average molecular weight is 278 g/mol. The summed E-state index contributed by atoms with van der Waals surface area (Å²) in [6.07, 6.45) is 5.11. The summed E-state index contributed by atoms with van der Waals surface area (Å²) in [4.78, 5) is 23.6. The van der Waals surface area contributed by atoms with E-state index in [1.807, 2.05) is 27.8 Å². The molecule has 5 nitrogen and oxygen atoms in total. The number of imidazole rings is 1. The zero-order valence-electron chi connectivity index (χ0n) is 11.6. The van der Waals surface area contributed by atoms with Crippen molar-refractivity contribution < 1.29 is 4.79 Å². The van der Waals surface area contributed by atoms with Crippen LogP contribution in [0.2, 0.25) is 0 Å². The van der Waals surface area contributed by atoms with Crippen LogP contribution in [0.25, 0.3) is 0 Å². The lowest BCUT2D eigenvalue weighted by molar-refractivity contribution is -0.132. The molecule has 0 aromatic carbocycles. The zero-order valence-corrected chi connectivity index (χ0v) is 12.4. The molecule has 1 amide bonds. The second-order valence-electron chi connectivity index (χ2n) is 4.59. The third-order valence-electron chi connectivity index (χ3n) is 3.19. The van der Waals surface area contributed by atoms with Gasteiger partial charge in [0.25, 0.3) is 0 Å². The fraction of sp³-hybridized carbons (Fsp3) is 0.462. The highest BCUT2D eigenvalue weighted by Crippen LogP contribution is 2.26. The van der Waals surface area contributed by atoms with E-state index in [1.165, 1.54) is 4.88 Å². The number of carbonyl (C=O) groups excluding carboxylic acids is 1. The van der Waals surface area contributed by atoms with E-state index in [9.17, 15) is 4.79 Å². The van der Waals surface area contributed by atoms with Gasteiger partial charge in [0.15, 0.2) is 0 Å². The molecule has 0 unspecified atom stereocenters. The van der Waals surface area contributed by atoms with Gasteiger partial charge in [-0.05, 0) is 20.8 Å². The Morgan fingerprint density at radius 1 is 1.53 bits per heavy atom. The van der Waals surface area contributed by atoms with Crippen LogP contribution in [0.15, 0.2) is 18.7 Å². The number of nitrogens with zero attached hydrogens (tertiary/aromatic N) is 4. The van der Waals surface area contributed by atoms with Crippen LogP contribution in [0, 0.1) is 13.8 Å². The summed E-state index contributed by atoms with van der Waals surface area (Å²) in [6, 6.07) is -0.0130. The van der Waals surface area contributed by atoms with Crippen LogP contribution in [0.1, 0.15) is 28.5 Å². The van der Waals surface area contributed by atoms with Crippen molar-refractivity contribution in [1.29, 1.82) is 0 Å². The van der Waals surface area contributed by atoms with Gasteiger partial charge >= 0.3 is 0 Å². The molecule has 0 spiro atoms. The molecule has 0 saturated heterocycles. The molecular formula is C13H18N4OS. The van der Waals surface area contributed by atoms with Crippen molar-refractivity contribution in [3.05, 3.63) is 34.3 Å². The largest absolute Gasteiger partial charge is 0.336 e. The van der Waals surface area contributed by atoms with Gasteiger partial charge < -0.3 is 9.47 Å². The molecule has 0 radical (unpaired) electrons.